The van der Waals surface area contributed by atoms with Crippen molar-refractivity contribution in [2.45, 2.75) is 25.4 Å². The minimum atomic E-state index is -0.681. The number of aromatic hydroxyl groups is 2. The van der Waals surface area contributed by atoms with Crippen LogP contribution >= 0.6 is 11.3 Å². The lowest BCUT2D eigenvalue weighted by molar-refractivity contribution is -0.136. The molecule has 1 saturated heterocycles. The second-order valence-corrected chi connectivity index (χ2v) is 12.6. The molecule has 7 rings (SSSR count). The van der Waals surface area contributed by atoms with Gasteiger partial charge in [-0.25, -0.2) is 0 Å². The fourth-order valence-electron chi connectivity index (χ4n) is 5.91. The van der Waals surface area contributed by atoms with Crippen LogP contribution in [0.5, 0.6) is 34.5 Å². The Bertz CT molecular complexity index is 2020. The van der Waals surface area contributed by atoms with Crippen LogP contribution in [0, 0.1) is 0 Å². The first-order valence-corrected chi connectivity index (χ1v) is 16.6. The number of hydrogen-bond acceptors (Lipinski definition) is 10. The number of imide groups is 1. The molecule has 3 amide bonds. The van der Waals surface area contributed by atoms with Crippen molar-refractivity contribution in [1.29, 1.82) is 0 Å². The molecule has 3 heterocycles. The lowest BCUT2D eigenvalue weighted by atomic mass is 10.0. The van der Waals surface area contributed by atoms with Gasteiger partial charge in [0, 0.05) is 27.6 Å². The molecule has 3 N–H and O–H groups in total. The van der Waals surface area contributed by atoms with Crippen molar-refractivity contribution >= 4 is 39.1 Å². The number of fused-ring (bicyclic) bond motifs is 2. The minimum absolute atomic E-state index is 0.174. The topological polar surface area (TPSA) is 144 Å². The Morgan fingerprint density at radius 2 is 1.55 bits per heavy atom. The van der Waals surface area contributed by atoms with Crippen LogP contribution in [0.1, 0.15) is 28.8 Å². The summed E-state index contributed by atoms with van der Waals surface area (Å²) in [6.45, 7) is 1.46. The zero-order valence-electron chi connectivity index (χ0n) is 26.2. The summed E-state index contributed by atoms with van der Waals surface area (Å²) in [5.41, 5.74) is 2.10. The highest BCUT2D eigenvalue weighted by atomic mass is 32.1. The van der Waals surface area contributed by atoms with Crippen molar-refractivity contribution in [3.8, 4) is 44.9 Å². The van der Waals surface area contributed by atoms with Gasteiger partial charge in [-0.05, 0) is 90.8 Å². The molecule has 0 radical (unpaired) electrons. The summed E-state index contributed by atoms with van der Waals surface area (Å²) in [5.74, 6) is 1.82. The quantitative estimate of drug-likeness (QED) is 0.107. The van der Waals surface area contributed by atoms with Gasteiger partial charge in [-0.3, -0.25) is 19.7 Å². The predicted octanol–water partition coefficient (Wildman–Crippen LogP) is 6.01. The Kier molecular flexibility index (Phi) is 9.05. The average molecular weight is 681 g/mol. The van der Waals surface area contributed by atoms with Crippen LogP contribution in [0.25, 0.3) is 20.5 Å². The van der Waals surface area contributed by atoms with Crippen molar-refractivity contribution in [3.63, 3.8) is 0 Å². The molecule has 5 aromatic rings. The SMILES string of the molecule is O=C1CCC(N2Cc3c(OCCOCCOc4ccc(Oc5c(-c6ccc(O)cc6)sc6cc(O)ccc56)cc4)cccc3C2=O)C(=O)N1. The Balaban J connectivity index is 0.886. The number of piperidine rings is 1. The summed E-state index contributed by atoms with van der Waals surface area (Å²) >= 11 is 1.50. The fraction of sp³-hybridized carbons (Fsp3) is 0.216. The molecule has 12 heteroatoms. The monoisotopic (exact) mass is 680 g/mol. The summed E-state index contributed by atoms with van der Waals surface area (Å²) in [7, 11) is 0. The Morgan fingerprint density at radius 3 is 2.33 bits per heavy atom. The van der Waals surface area contributed by atoms with Gasteiger partial charge < -0.3 is 34.1 Å². The number of thiophene rings is 1. The highest BCUT2D eigenvalue weighted by Gasteiger charge is 2.40. The first-order valence-electron chi connectivity index (χ1n) is 15.8. The van der Waals surface area contributed by atoms with E-state index < -0.39 is 11.9 Å². The number of carbonyl (C=O) groups is 3. The Labute approximate surface area is 285 Å². The van der Waals surface area contributed by atoms with Crippen molar-refractivity contribution < 1.29 is 43.5 Å². The molecule has 0 spiro atoms. The number of amides is 3. The third kappa shape index (κ3) is 6.87. The largest absolute Gasteiger partial charge is 0.508 e. The molecule has 0 aliphatic carbocycles. The number of ether oxygens (including phenoxy) is 4. The minimum Gasteiger partial charge on any atom is -0.508 e. The molecule has 0 bridgehead atoms. The molecule has 1 unspecified atom stereocenters. The number of phenols is 2. The van der Waals surface area contributed by atoms with Crippen LogP contribution in [-0.4, -0.2) is 65.3 Å². The fourth-order valence-corrected chi connectivity index (χ4v) is 7.08. The van der Waals surface area contributed by atoms with Crippen molar-refractivity contribution in [1.82, 2.24) is 10.2 Å². The first kappa shape index (κ1) is 32.0. The van der Waals surface area contributed by atoms with Crippen molar-refractivity contribution in [2.75, 3.05) is 26.4 Å². The molecule has 2 aliphatic rings. The number of nitrogens with zero attached hydrogens (tertiary/aromatic N) is 1. The van der Waals surface area contributed by atoms with Gasteiger partial charge in [0.05, 0.1) is 24.6 Å². The van der Waals surface area contributed by atoms with Gasteiger partial charge in [-0.1, -0.05) is 6.07 Å². The van der Waals surface area contributed by atoms with Crippen LogP contribution in [0.2, 0.25) is 0 Å². The van der Waals surface area contributed by atoms with Crippen molar-refractivity contribution in [2.24, 2.45) is 0 Å². The van der Waals surface area contributed by atoms with Crippen LogP contribution in [0.15, 0.2) is 84.9 Å². The lowest BCUT2D eigenvalue weighted by Gasteiger charge is -2.29. The second kappa shape index (κ2) is 13.9. The molecule has 11 nitrogen and oxygen atoms in total. The lowest BCUT2D eigenvalue weighted by Crippen LogP contribution is -2.52. The van der Waals surface area contributed by atoms with Gasteiger partial charge in [0.15, 0.2) is 5.75 Å². The standard InChI is InChI=1S/C37H32N2O9S/c40-23-6-4-22(5-7-23)35-34(28-13-8-24(41)20-32(28)49-35)48-26-11-9-25(10-12-26)46-18-16-45-17-19-47-31-3-1-2-27-29(31)21-39(37(27)44)30-14-15-33(42)38-36(30)43/h1-13,20,30,40-41H,14-19,21H2,(H,38,42,43). The zero-order valence-corrected chi connectivity index (χ0v) is 27.0. The third-order valence-electron chi connectivity index (χ3n) is 8.32. The van der Waals surface area contributed by atoms with E-state index >= 15 is 0 Å². The van der Waals surface area contributed by atoms with E-state index in [4.69, 9.17) is 18.9 Å². The normalized spacial score (nSPS) is 15.7. The second-order valence-electron chi connectivity index (χ2n) is 11.6. The Morgan fingerprint density at radius 1 is 0.816 bits per heavy atom. The van der Waals surface area contributed by atoms with E-state index in [2.05, 4.69) is 5.32 Å². The maximum absolute atomic E-state index is 13.0. The summed E-state index contributed by atoms with van der Waals surface area (Å²) in [4.78, 5) is 39.3. The van der Waals surface area contributed by atoms with E-state index in [1.165, 1.54) is 16.2 Å². The number of nitrogens with one attached hydrogen (secondary N) is 1. The number of phenolic OH excluding ortho intramolecular Hbond substituents is 2. The van der Waals surface area contributed by atoms with E-state index in [1.807, 2.05) is 42.5 Å². The van der Waals surface area contributed by atoms with Gasteiger partial charge in [-0.2, -0.15) is 0 Å². The van der Waals surface area contributed by atoms with Crippen LogP contribution in [0.3, 0.4) is 0 Å². The maximum Gasteiger partial charge on any atom is 0.255 e. The smallest absolute Gasteiger partial charge is 0.255 e. The molecule has 2 aliphatic heterocycles. The number of benzene rings is 4. The van der Waals surface area contributed by atoms with E-state index in [-0.39, 0.29) is 42.9 Å². The van der Waals surface area contributed by atoms with Gasteiger partial charge in [0.1, 0.15) is 48.0 Å². The molecular formula is C37H32N2O9S. The van der Waals surface area contributed by atoms with Gasteiger partial charge >= 0.3 is 0 Å². The summed E-state index contributed by atoms with van der Waals surface area (Å²) in [6.07, 6.45) is 0.502. The summed E-state index contributed by atoms with van der Waals surface area (Å²) in [5, 5.41) is 22.9. The van der Waals surface area contributed by atoms with Gasteiger partial charge in [0.25, 0.3) is 5.91 Å². The van der Waals surface area contributed by atoms with Crippen LogP contribution in [0.4, 0.5) is 0 Å². The molecule has 1 atom stereocenters. The average Bonchev–Trinajstić information content (AvgIpc) is 3.62. The zero-order chi connectivity index (χ0) is 33.9. The molecule has 250 valence electrons. The molecule has 4 aromatic carbocycles. The Hall–Kier alpha value is -5.59. The molecule has 0 saturated carbocycles. The van der Waals surface area contributed by atoms with Crippen LogP contribution < -0.4 is 19.5 Å². The predicted molar refractivity (Wildman–Crippen MR) is 181 cm³/mol. The van der Waals surface area contributed by atoms with E-state index in [0.717, 1.165) is 26.1 Å². The van der Waals surface area contributed by atoms with Crippen LogP contribution in [-0.2, 0) is 20.9 Å². The molecular weight excluding hydrogens is 648 g/mol. The molecule has 49 heavy (non-hydrogen) atoms. The highest BCUT2D eigenvalue weighted by Crippen LogP contribution is 2.47. The third-order valence-corrected chi connectivity index (χ3v) is 9.50. The summed E-state index contributed by atoms with van der Waals surface area (Å²) in [6, 6.07) is 23.9. The number of hydrogen-bond donors (Lipinski definition) is 3. The van der Waals surface area contributed by atoms with E-state index in [1.54, 1.807) is 42.5 Å². The number of rotatable bonds is 12. The molecule has 1 aromatic heterocycles. The maximum atomic E-state index is 13.0. The van der Waals surface area contributed by atoms with Gasteiger partial charge in [0.2, 0.25) is 11.8 Å². The summed E-state index contributed by atoms with van der Waals surface area (Å²) < 4.78 is 24.7. The molecule has 1 fully saturated rings. The highest BCUT2D eigenvalue weighted by molar-refractivity contribution is 7.22. The first-order chi connectivity index (χ1) is 23.8. The van der Waals surface area contributed by atoms with Gasteiger partial charge in [-0.15, -0.1) is 11.3 Å². The number of carbonyl (C=O) groups excluding carboxylic acids is 3. The van der Waals surface area contributed by atoms with Crippen molar-refractivity contribution in [3.05, 3.63) is 96.1 Å². The van der Waals surface area contributed by atoms with E-state index in [0.29, 0.717) is 54.8 Å². The van der Waals surface area contributed by atoms with E-state index in [9.17, 15) is 24.6 Å².